The Morgan fingerprint density at radius 1 is 0.808 bits per heavy atom. The fraction of sp³-hybridized carbons (Fsp3) is 0.958. The Morgan fingerprint density at radius 2 is 1.38 bits per heavy atom. The fourth-order valence-electron chi connectivity index (χ4n) is 4.48. The summed E-state index contributed by atoms with van der Waals surface area (Å²) in [5.74, 6) is 1.54. The molecule has 154 valence electrons. The first-order valence-electron chi connectivity index (χ1n) is 12.0. The molecule has 0 aliphatic heterocycles. The van der Waals surface area contributed by atoms with E-state index in [1.54, 1.807) is 0 Å². The summed E-state index contributed by atoms with van der Waals surface area (Å²) in [4.78, 5) is 12.8. The molecule has 1 rings (SSSR count). The summed E-state index contributed by atoms with van der Waals surface area (Å²) in [7, 11) is 0. The van der Waals surface area contributed by atoms with Crippen molar-refractivity contribution in [2.75, 3.05) is 0 Å². The normalized spacial score (nSPS) is 17.8. The number of hydrogen-bond acceptors (Lipinski definition) is 1. The Kier molecular flexibility index (Phi) is 14.0. The van der Waals surface area contributed by atoms with Crippen LogP contribution in [0.2, 0.25) is 0 Å². The molecule has 1 N–H and O–H groups in total. The van der Waals surface area contributed by atoms with Gasteiger partial charge in [0.05, 0.1) is 0 Å². The van der Waals surface area contributed by atoms with E-state index in [4.69, 9.17) is 0 Å². The molecule has 1 aliphatic carbocycles. The summed E-state index contributed by atoms with van der Waals surface area (Å²) in [6.07, 6.45) is 21.6. The van der Waals surface area contributed by atoms with E-state index in [-0.39, 0.29) is 5.92 Å². The molecule has 0 spiro atoms. The third-order valence-corrected chi connectivity index (χ3v) is 6.44. The highest BCUT2D eigenvalue weighted by Crippen LogP contribution is 2.24. The Bertz CT molecular complexity index is 335. The zero-order valence-corrected chi connectivity index (χ0v) is 18.2. The predicted octanol–water partition coefficient (Wildman–Crippen LogP) is 7.41. The van der Waals surface area contributed by atoms with Gasteiger partial charge < -0.3 is 5.32 Å². The molecule has 0 saturated heterocycles. The number of amides is 1. The lowest BCUT2D eigenvalue weighted by molar-refractivity contribution is -0.126. The van der Waals surface area contributed by atoms with Gasteiger partial charge in [-0.1, -0.05) is 104 Å². The molecule has 0 unspecified atom stereocenters. The monoisotopic (exact) mass is 365 g/mol. The first-order chi connectivity index (χ1) is 12.7. The van der Waals surface area contributed by atoms with Gasteiger partial charge in [-0.2, -0.15) is 0 Å². The van der Waals surface area contributed by atoms with Crippen molar-refractivity contribution in [3.63, 3.8) is 0 Å². The molecule has 1 aliphatic rings. The van der Waals surface area contributed by atoms with Gasteiger partial charge in [0.15, 0.2) is 0 Å². The number of rotatable bonds is 15. The maximum absolute atomic E-state index is 12.8. The van der Waals surface area contributed by atoms with Gasteiger partial charge in [-0.15, -0.1) is 0 Å². The topological polar surface area (TPSA) is 29.1 Å². The second-order valence-electron chi connectivity index (χ2n) is 8.74. The van der Waals surface area contributed by atoms with Gasteiger partial charge >= 0.3 is 0 Å². The highest BCUT2D eigenvalue weighted by atomic mass is 16.1. The number of carbonyl (C=O) groups is 1. The van der Waals surface area contributed by atoms with Crippen molar-refractivity contribution in [3.05, 3.63) is 0 Å². The van der Waals surface area contributed by atoms with Crippen LogP contribution in [-0.2, 0) is 4.79 Å². The molecule has 2 nitrogen and oxygen atoms in total. The van der Waals surface area contributed by atoms with Crippen LogP contribution in [0.25, 0.3) is 0 Å². The molecular weight excluding hydrogens is 318 g/mol. The van der Waals surface area contributed by atoms with E-state index in [9.17, 15) is 4.79 Å². The Morgan fingerprint density at radius 3 is 2.00 bits per heavy atom. The number of nitrogens with one attached hydrogen (secondary N) is 1. The standard InChI is InChI=1S/C24H47NO/c1-4-7-10-17-22(24(26)25-23-19-11-9-12-20-23)18-14-13-16-21(6-3)15-8-5-2/h21-23H,4-20H2,1-3H3,(H,25,26)/t21-,22-/m1/s1. The summed E-state index contributed by atoms with van der Waals surface area (Å²) in [6, 6.07) is 0.462. The Hall–Kier alpha value is -0.530. The molecule has 26 heavy (non-hydrogen) atoms. The van der Waals surface area contributed by atoms with E-state index in [0.717, 1.165) is 18.8 Å². The van der Waals surface area contributed by atoms with Gasteiger partial charge in [-0.05, 0) is 31.6 Å². The summed E-state index contributed by atoms with van der Waals surface area (Å²) in [6.45, 7) is 6.88. The van der Waals surface area contributed by atoms with E-state index < -0.39 is 0 Å². The van der Waals surface area contributed by atoms with E-state index in [1.165, 1.54) is 96.3 Å². The van der Waals surface area contributed by atoms with Crippen LogP contribution in [0.4, 0.5) is 0 Å². The summed E-state index contributed by atoms with van der Waals surface area (Å²) < 4.78 is 0. The van der Waals surface area contributed by atoms with Crippen molar-refractivity contribution in [3.8, 4) is 0 Å². The lowest BCUT2D eigenvalue weighted by Gasteiger charge is -2.26. The maximum Gasteiger partial charge on any atom is 0.223 e. The lowest BCUT2D eigenvalue weighted by Crippen LogP contribution is -2.40. The molecule has 0 bridgehead atoms. The van der Waals surface area contributed by atoms with Crippen molar-refractivity contribution in [1.82, 2.24) is 5.32 Å². The van der Waals surface area contributed by atoms with E-state index in [2.05, 4.69) is 26.1 Å². The summed E-state index contributed by atoms with van der Waals surface area (Å²) in [5.41, 5.74) is 0. The van der Waals surface area contributed by atoms with E-state index in [1.807, 2.05) is 0 Å². The van der Waals surface area contributed by atoms with Crippen molar-refractivity contribution in [1.29, 1.82) is 0 Å². The fourth-order valence-corrected chi connectivity index (χ4v) is 4.48. The second-order valence-corrected chi connectivity index (χ2v) is 8.74. The van der Waals surface area contributed by atoms with Gasteiger partial charge in [0.25, 0.3) is 0 Å². The van der Waals surface area contributed by atoms with Crippen LogP contribution in [0.5, 0.6) is 0 Å². The highest BCUT2D eigenvalue weighted by Gasteiger charge is 2.22. The smallest absolute Gasteiger partial charge is 0.223 e. The number of carbonyl (C=O) groups excluding carboxylic acids is 1. The van der Waals surface area contributed by atoms with Gasteiger partial charge in [0.1, 0.15) is 0 Å². The summed E-state index contributed by atoms with van der Waals surface area (Å²) >= 11 is 0. The van der Waals surface area contributed by atoms with Crippen LogP contribution in [-0.4, -0.2) is 11.9 Å². The molecule has 1 fully saturated rings. The molecule has 1 saturated carbocycles. The quantitative estimate of drug-likeness (QED) is 0.301. The third-order valence-electron chi connectivity index (χ3n) is 6.44. The molecule has 2 heteroatoms. The first kappa shape index (κ1) is 23.5. The minimum atomic E-state index is 0.263. The predicted molar refractivity (Wildman–Crippen MR) is 114 cm³/mol. The average Bonchev–Trinajstić information content (AvgIpc) is 2.66. The van der Waals surface area contributed by atoms with Crippen LogP contribution in [0.1, 0.15) is 130 Å². The third kappa shape index (κ3) is 10.6. The maximum atomic E-state index is 12.8. The molecule has 0 aromatic rings. The zero-order chi connectivity index (χ0) is 19.0. The Labute approximate surface area is 164 Å². The van der Waals surface area contributed by atoms with Crippen LogP contribution < -0.4 is 5.32 Å². The van der Waals surface area contributed by atoms with Crippen LogP contribution in [0.3, 0.4) is 0 Å². The largest absolute Gasteiger partial charge is 0.353 e. The number of unbranched alkanes of at least 4 members (excludes halogenated alkanes) is 4. The second kappa shape index (κ2) is 15.5. The number of hydrogen-bond donors (Lipinski definition) is 1. The zero-order valence-electron chi connectivity index (χ0n) is 18.2. The average molecular weight is 366 g/mol. The molecule has 2 atom stereocenters. The van der Waals surface area contributed by atoms with Crippen molar-refractivity contribution < 1.29 is 4.79 Å². The SMILES string of the molecule is CCCCC[C@H](CCCC[C@H](CC)CCCC)C(=O)NC1CCCCC1. The molecular formula is C24H47NO. The first-order valence-corrected chi connectivity index (χ1v) is 12.0. The van der Waals surface area contributed by atoms with Crippen LogP contribution >= 0.6 is 0 Å². The minimum absolute atomic E-state index is 0.263. The van der Waals surface area contributed by atoms with E-state index >= 15 is 0 Å². The van der Waals surface area contributed by atoms with Crippen molar-refractivity contribution in [2.45, 2.75) is 136 Å². The molecule has 0 radical (unpaired) electrons. The van der Waals surface area contributed by atoms with Gasteiger partial charge in [-0.25, -0.2) is 0 Å². The van der Waals surface area contributed by atoms with Crippen molar-refractivity contribution >= 4 is 5.91 Å². The van der Waals surface area contributed by atoms with Gasteiger partial charge in [-0.3, -0.25) is 4.79 Å². The van der Waals surface area contributed by atoms with Gasteiger partial charge in [0.2, 0.25) is 5.91 Å². The molecule has 0 heterocycles. The van der Waals surface area contributed by atoms with E-state index in [0.29, 0.717) is 11.9 Å². The minimum Gasteiger partial charge on any atom is -0.353 e. The summed E-state index contributed by atoms with van der Waals surface area (Å²) in [5, 5.41) is 3.40. The molecule has 0 aromatic carbocycles. The van der Waals surface area contributed by atoms with Crippen LogP contribution in [0.15, 0.2) is 0 Å². The van der Waals surface area contributed by atoms with Gasteiger partial charge in [0, 0.05) is 12.0 Å². The molecule has 0 aromatic heterocycles. The molecule has 1 amide bonds. The lowest BCUT2D eigenvalue weighted by atomic mass is 9.89. The van der Waals surface area contributed by atoms with Crippen molar-refractivity contribution in [2.24, 2.45) is 11.8 Å². The highest BCUT2D eigenvalue weighted by molar-refractivity contribution is 5.78. The Balaban J connectivity index is 2.34. The van der Waals surface area contributed by atoms with Crippen LogP contribution in [0, 0.1) is 11.8 Å².